The first-order valence-corrected chi connectivity index (χ1v) is 11.2. The predicted octanol–water partition coefficient (Wildman–Crippen LogP) is 2.79. The second kappa shape index (κ2) is 10.1. The van der Waals surface area contributed by atoms with Crippen LogP contribution >= 0.6 is 0 Å². The number of anilines is 3. The maximum absolute atomic E-state index is 13.9. The average molecular weight is 485 g/mol. The zero-order valence-electron chi connectivity index (χ0n) is 19.5. The fourth-order valence-corrected chi connectivity index (χ4v) is 4.05. The number of carboxylic acids is 1. The van der Waals surface area contributed by atoms with Gasteiger partial charge in [-0.3, -0.25) is 14.2 Å². The number of nitrogens with zero attached hydrogens (tertiary/aromatic N) is 5. The molecule has 0 aliphatic heterocycles. The molecular weight excluding hydrogens is 460 g/mol. The maximum Gasteiger partial charge on any atom is 0.303 e. The molecule has 2 aromatic carbocycles. The van der Waals surface area contributed by atoms with Gasteiger partial charge in [-0.2, -0.15) is 15.2 Å². The summed E-state index contributed by atoms with van der Waals surface area (Å²) in [5, 5.41) is 22.1. The third-order valence-corrected chi connectivity index (χ3v) is 5.67. The number of nitrogens with two attached hydrogens (primary N) is 2. The number of nitrogen functional groups attached to an aromatic ring is 2. The van der Waals surface area contributed by atoms with Crippen molar-refractivity contribution in [1.82, 2.24) is 19.5 Å². The first-order chi connectivity index (χ1) is 17.3. The molecule has 0 aliphatic carbocycles. The monoisotopic (exact) mass is 484 g/mol. The van der Waals surface area contributed by atoms with Gasteiger partial charge < -0.3 is 21.9 Å². The molecular formula is C25H24N8O3. The van der Waals surface area contributed by atoms with Gasteiger partial charge in [-0.1, -0.05) is 30.3 Å². The van der Waals surface area contributed by atoms with Gasteiger partial charge in [-0.15, -0.1) is 0 Å². The van der Waals surface area contributed by atoms with Gasteiger partial charge >= 0.3 is 5.97 Å². The number of carbonyl (C=O) groups is 1. The zero-order valence-corrected chi connectivity index (χ0v) is 19.5. The molecule has 1 atom stereocenters. The molecule has 0 bridgehead atoms. The second-order valence-electron chi connectivity index (χ2n) is 8.17. The van der Waals surface area contributed by atoms with Crippen molar-refractivity contribution in [3.05, 3.63) is 75.8 Å². The highest BCUT2D eigenvalue weighted by molar-refractivity contribution is 5.82. The lowest BCUT2D eigenvalue weighted by Crippen LogP contribution is -2.28. The Kier molecular flexibility index (Phi) is 6.78. The number of aromatic nitrogens is 4. The molecule has 0 radical (unpaired) electrons. The van der Waals surface area contributed by atoms with Crippen molar-refractivity contribution >= 4 is 34.5 Å². The van der Waals surface area contributed by atoms with Gasteiger partial charge in [-0.25, -0.2) is 4.98 Å². The topological polar surface area (TPSA) is 186 Å². The van der Waals surface area contributed by atoms with E-state index in [0.717, 1.165) is 5.56 Å². The molecule has 11 nitrogen and oxygen atoms in total. The molecule has 0 spiro atoms. The first-order valence-electron chi connectivity index (χ1n) is 11.2. The van der Waals surface area contributed by atoms with Gasteiger partial charge in [0.25, 0.3) is 5.56 Å². The predicted molar refractivity (Wildman–Crippen MR) is 136 cm³/mol. The normalized spacial score (nSPS) is 11.7. The largest absolute Gasteiger partial charge is 0.481 e. The Bertz CT molecular complexity index is 1540. The Morgan fingerprint density at radius 2 is 1.89 bits per heavy atom. The Balaban J connectivity index is 1.88. The van der Waals surface area contributed by atoms with E-state index in [1.165, 1.54) is 4.57 Å². The molecule has 36 heavy (non-hydrogen) atoms. The molecule has 0 fully saturated rings. The van der Waals surface area contributed by atoms with Crippen molar-refractivity contribution in [2.45, 2.75) is 32.2 Å². The molecule has 182 valence electrons. The number of fused-ring (bicyclic) bond motifs is 1. The minimum atomic E-state index is -0.889. The van der Waals surface area contributed by atoms with Crippen LogP contribution in [0.15, 0.2) is 53.3 Å². The number of benzene rings is 2. The van der Waals surface area contributed by atoms with Crippen LogP contribution in [0.25, 0.3) is 16.6 Å². The van der Waals surface area contributed by atoms with E-state index in [2.05, 4.69) is 15.3 Å². The van der Waals surface area contributed by atoms with E-state index in [1.54, 1.807) is 31.2 Å². The Hall–Kier alpha value is -4.98. The standard InChI is InChI=1S/C25H24N8O3/c1-14(29-22-17(13-26)21(27)31-25(28)32-22)23-30-18-11-5-7-15(8-6-12-19(34)35)20(18)24(36)33(23)16-9-3-2-4-10-16/h2-5,7,9-11,14H,6,8,12H2,1H3,(H,34,35)(H5,27,28,29,31,32)/t14-/m0/s1. The lowest BCUT2D eigenvalue weighted by atomic mass is 10.0. The molecule has 11 heteroatoms. The molecule has 2 heterocycles. The molecule has 0 saturated carbocycles. The summed E-state index contributed by atoms with van der Waals surface area (Å²) in [7, 11) is 0. The third kappa shape index (κ3) is 4.78. The van der Waals surface area contributed by atoms with Crippen LogP contribution in [0.3, 0.4) is 0 Å². The molecule has 4 aromatic rings. The fourth-order valence-electron chi connectivity index (χ4n) is 4.05. The van der Waals surface area contributed by atoms with Gasteiger partial charge in [0.15, 0.2) is 5.82 Å². The van der Waals surface area contributed by atoms with E-state index in [4.69, 9.17) is 21.6 Å². The summed E-state index contributed by atoms with van der Waals surface area (Å²) >= 11 is 0. The van der Waals surface area contributed by atoms with Crippen LogP contribution < -0.4 is 22.3 Å². The van der Waals surface area contributed by atoms with E-state index in [-0.39, 0.29) is 35.1 Å². The lowest BCUT2D eigenvalue weighted by Gasteiger charge is -2.21. The van der Waals surface area contributed by atoms with Crippen molar-refractivity contribution in [1.29, 1.82) is 5.26 Å². The van der Waals surface area contributed by atoms with Crippen molar-refractivity contribution in [2.24, 2.45) is 0 Å². The van der Waals surface area contributed by atoms with E-state index in [0.29, 0.717) is 35.3 Å². The fraction of sp³-hybridized carbons (Fsp3) is 0.200. The smallest absolute Gasteiger partial charge is 0.303 e. The van der Waals surface area contributed by atoms with Crippen LogP contribution in [0.1, 0.15) is 42.8 Å². The lowest BCUT2D eigenvalue weighted by molar-refractivity contribution is -0.137. The number of rotatable bonds is 8. The number of hydrogen-bond acceptors (Lipinski definition) is 9. The van der Waals surface area contributed by atoms with Gasteiger partial charge in [0.1, 0.15) is 23.3 Å². The van der Waals surface area contributed by atoms with E-state index < -0.39 is 12.0 Å². The summed E-state index contributed by atoms with van der Waals surface area (Å²) in [6.07, 6.45) is 0.822. The molecule has 0 saturated heterocycles. The summed E-state index contributed by atoms with van der Waals surface area (Å²) < 4.78 is 1.50. The van der Waals surface area contributed by atoms with Crippen LogP contribution in [-0.4, -0.2) is 30.6 Å². The number of carboxylic acid groups (broad SMARTS) is 1. The number of aliphatic carboxylic acids is 1. The summed E-state index contributed by atoms with van der Waals surface area (Å²) in [5.74, 6) is -0.538. The highest BCUT2D eigenvalue weighted by Gasteiger charge is 2.22. The summed E-state index contributed by atoms with van der Waals surface area (Å²) in [6.45, 7) is 1.78. The van der Waals surface area contributed by atoms with Gasteiger partial charge in [0, 0.05) is 6.42 Å². The average Bonchev–Trinajstić information content (AvgIpc) is 2.84. The molecule has 4 rings (SSSR count). The second-order valence-corrected chi connectivity index (χ2v) is 8.17. The minimum Gasteiger partial charge on any atom is -0.481 e. The van der Waals surface area contributed by atoms with E-state index in [9.17, 15) is 14.9 Å². The molecule has 2 aromatic heterocycles. The Morgan fingerprint density at radius 1 is 1.14 bits per heavy atom. The molecule has 0 unspecified atom stereocenters. The van der Waals surface area contributed by atoms with Gasteiger partial charge in [0.05, 0.1) is 22.6 Å². The van der Waals surface area contributed by atoms with Crippen LogP contribution in [-0.2, 0) is 11.2 Å². The van der Waals surface area contributed by atoms with Crippen LogP contribution in [0, 0.1) is 11.3 Å². The third-order valence-electron chi connectivity index (χ3n) is 5.67. The number of para-hydroxylation sites is 1. The SMILES string of the molecule is C[C@H](Nc1nc(N)nc(N)c1C#N)c1nc2cccc(CCCC(=O)O)c2c(=O)n1-c1ccccc1. The molecule has 0 aliphatic rings. The van der Waals surface area contributed by atoms with Gasteiger partial charge in [-0.05, 0) is 43.5 Å². The first kappa shape index (κ1) is 24.2. The summed E-state index contributed by atoms with van der Waals surface area (Å²) in [6, 6.07) is 15.8. The maximum atomic E-state index is 13.9. The van der Waals surface area contributed by atoms with Crippen LogP contribution in [0.4, 0.5) is 17.6 Å². The van der Waals surface area contributed by atoms with E-state index in [1.807, 2.05) is 30.3 Å². The van der Waals surface area contributed by atoms with Gasteiger partial charge in [0.2, 0.25) is 5.95 Å². The highest BCUT2D eigenvalue weighted by atomic mass is 16.4. The molecule has 6 N–H and O–H groups in total. The molecule has 0 amide bonds. The number of nitriles is 1. The van der Waals surface area contributed by atoms with Crippen LogP contribution in [0.2, 0.25) is 0 Å². The van der Waals surface area contributed by atoms with Crippen LogP contribution in [0.5, 0.6) is 0 Å². The number of aryl methyl sites for hydroxylation is 1. The van der Waals surface area contributed by atoms with Crippen molar-refractivity contribution in [3.63, 3.8) is 0 Å². The highest BCUT2D eigenvalue weighted by Crippen LogP contribution is 2.26. The Morgan fingerprint density at radius 3 is 2.58 bits per heavy atom. The zero-order chi connectivity index (χ0) is 25.8. The van der Waals surface area contributed by atoms with Crippen molar-refractivity contribution in [3.8, 4) is 11.8 Å². The minimum absolute atomic E-state index is 0.00213. The summed E-state index contributed by atoms with van der Waals surface area (Å²) in [4.78, 5) is 37.6. The summed E-state index contributed by atoms with van der Waals surface area (Å²) in [5.41, 5.74) is 13.1. The number of nitrogens with one attached hydrogen (secondary N) is 1. The number of hydrogen-bond donors (Lipinski definition) is 4. The Labute approximate surface area is 206 Å². The van der Waals surface area contributed by atoms with E-state index >= 15 is 0 Å². The van der Waals surface area contributed by atoms with Crippen molar-refractivity contribution < 1.29 is 9.90 Å². The quantitative estimate of drug-likeness (QED) is 0.290. The van der Waals surface area contributed by atoms with Crippen molar-refractivity contribution in [2.75, 3.05) is 16.8 Å².